The van der Waals surface area contributed by atoms with E-state index < -0.39 is 0 Å². The molecule has 2 heteroatoms. The third-order valence-electron chi connectivity index (χ3n) is 4.99. The van der Waals surface area contributed by atoms with Crippen molar-refractivity contribution in [1.82, 2.24) is 0 Å². The monoisotopic (exact) mass is 346 g/mol. The SMILES string of the molecule is Cc1ccc(C(CO[SiH3])(c2ccc(C)cc2)c2ccc(C)cc2)cc1. The van der Waals surface area contributed by atoms with Gasteiger partial charge in [-0.15, -0.1) is 0 Å². The molecule has 128 valence electrons. The Morgan fingerprint density at radius 2 is 0.880 bits per heavy atom. The first kappa shape index (κ1) is 17.7. The summed E-state index contributed by atoms with van der Waals surface area (Å²) in [4.78, 5) is 0. The molecule has 0 aliphatic rings. The molecule has 0 spiro atoms. The average Bonchev–Trinajstić information content (AvgIpc) is 2.62. The van der Waals surface area contributed by atoms with Gasteiger partial charge in [-0.25, -0.2) is 0 Å². The second kappa shape index (κ2) is 7.38. The molecule has 0 heterocycles. The first-order valence-electron chi connectivity index (χ1n) is 8.76. The van der Waals surface area contributed by atoms with Gasteiger partial charge in [0, 0.05) is 0 Å². The Balaban J connectivity index is 2.28. The van der Waals surface area contributed by atoms with E-state index in [-0.39, 0.29) is 5.41 Å². The van der Waals surface area contributed by atoms with Gasteiger partial charge in [-0.05, 0) is 37.5 Å². The summed E-state index contributed by atoms with van der Waals surface area (Å²) in [5.74, 6) is 0. The molecule has 3 aromatic rings. The minimum atomic E-state index is -0.281. The van der Waals surface area contributed by atoms with Crippen molar-refractivity contribution in [2.24, 2.45) is 0 Å². The zero-order valence-corrected chi connectivity index (χ0v) is 17.5. The molecule has 0 radical (unpaired) electrons. The van der Waals surface area contributed by atoms with Crippen LogP contribution in [0.25, 0.3) is 0 Å². The highest BCUT2D eigenvalue weighted by atomic mass is 28.2. The number of rotatable bonds is 5. The standard InChI is InChI=1S/C23H26OSi/c1-17-4-10-20(11-5-17)23(16-24-25,21-12-6-18(2)7-13-21)22-14-8-19(3)9-15-22/h4-15H,16H2,1-3,25H3. The molecule has 0 N–H and O–H groups in total. The van der Waals surface area contributed by atoms with Crippen molar-refractivity contribution < 1.29 is 4.43 Å². The van der Waals surface area contributed by atoms with Crippen molar-refractivity contribution in [3.8, 4) is 0 Å². The van der Waals surface area contributed by atoms with Gasteiger partial charge in [0.15, 0.2) is 0 Å². The lowest BCUT2D eigenvalue weighted by atomic mass is 9.69. The Morgan fingerprint density at radius 1 is 0.600 bits per heavy atom. The third-order valence-corrected chi connectivity index (χ3v) is 5.28. The molecule has 0 fully saturated rings. The Hall–Kier alpha value is -2.16. The zero-order valence-electron chi connectivity index (χ0n) is 15.5. The first-order chi connectivity index (χ1) is 12.1. The van der Waals surface area contributed by atoms with Gasteiger partial charge in [0.25, 0.3) is 0 Å². The molecule has 0 atom stereocenters. The molecule has 3 aromatic carbocycles. The van der Waals surface area contributed by atoms with Crippen molar-refractivity contribution in [2.75, 3.05) is 6.61 Å². The normalized spacial score (nSPS) is 11.6. The van der Waals surface area contributed by atoms with E-state index in [0.717, 1.165) is 10.5 Å². The van der Waals surface area contributed by atoms with Crippen molar-refractivity contribution in [3.63, 3.8) is 0 Å². The van der Waals surface area contributed by atoms with Gasteiger partial charge in [-0.1, -0.05) is 89.5 Å². The fourth-order valence-electron chi connectivity index (χ4n) is 3.48. The molecule has 0 aromatic heterocycles. The molecule has 25 heavy (non-hydrogen) atoms. The lowest BCUT2D eigenvalue weighted by molar-refractivity contribution is 0.289. The molecule has 0 amide bonds. The largest absolute Gasteiger partial charge is 0.426 e. The molecule has 0 unspecified atom stereocenters. The predicted molar refractivity (Wildman–Crippen MR) is 109 cm³/mol. The molecule has 0 saturated carbocycles. The van der Waals surface area contributed by atoms with Crippen LogP contribution in [0.15, 0.2) is 72.8 Å². The fraction of sp³-hybridized carbons (Fsp3) is 0.217. The zero-order chi connectivity index (χ0) is 17.9. The van der Waals surface area contributed by atoms with Gasteiger partial charge >= 0.3 is 0 Å². The Labute approximate surface area is 154 Å². The molecule has 3 rings (SSSR count). The minimum absolute atomic E-state index is 0.281. The van der Waals surface area contributed by atoms with Gasteiger partial charge < -0.3 is 4.43 Å². The van der Waals surface area contributed by atoms with E-state index in [1.54, 1.807) is 0 Å². The van der Waals surface area contributed by atoms with Crippen LogP contribution in [0.4, 0.5) is 0 Å². The van der Waals surface area contributed by atoms with Gasteiger partial charge in [-0.2, -0.15) is 0 Å². The van der Waals surface area contributed by atoms with Crippen molar-refractivity contribution in [1.29, 1.82) is 0 Å². The second-order valence-corrected chi connectivity index (χ2v) is 7.51. The van der Waals surface area contributed by atoms with Gasteiger partial charge in [-0.3, -0.25) is 0 Å². The van der Waals surface area contributed by atoms with E-state index in [1.807, 2.05) is 0 Å². The van der Waals surface area contributed by atoms with Gasteiger partial charge in [0.2, 0.25) is 0 Å². The summed E-state index contributed by atoms with van der Waals surface area (Å²) in [7, 11) is 0.718. The molecule has 0 bridgehead atoms. The summed E-state index contributed by atoms with van der Waals surface area (Å²) in [6.07, 6.45) is 0. The molecule has 0 aliphatic carbocycles. The molecular weight excluding hydrogens is 320 g/mol. The highest BCUT2D eigenvalue weighted by molar-refractivity contribution is 5.98. The van der Waals surface area contributed by atoms with Gasteiger partial charge in [0.05, 0.1) is 12.0 Å². The topological polar surface area (TPSA) is 9.23 Å². The van der Waals surface area contributed by atoms with Crippen molar-refractivity contribution in [2.45, 2.75) is 26.2 Å². The Kier molecular flexibility index (Phi) is 5.21. The van der Waals surface area contributed by atoms with E-state index in [2.05, 4.69) is 93.6 Å². The van der Waals surface area contributed by atoms with Crippen LogP contribution in [0.3, 0.4) is 0 Å². The van der Waals surface area contributed by atoms with Crippen LogP contribution in [0.2, 0.25) is 0 Å². The molecule has 1 nitrogen and oxygen atoms in total. The van der Waals surface area contributed by atoms with E-state index >= 15 is 0 Å². The van der Waals surface area contributed by atoms with E-state index in [4.69, 9.17) is 4.43 Å². The Morgan fingerprint density at radius 3 is 1.12 bits per heavy atom. The van der Waals surface area contributed by atoms with E-state index in [0.29, 0.717) is 6.61 Å². The quantitative estimate of drug-likeness (QED) is 0.496. The molecular formula is C23H26OSi. The second-order valence-electron chi connectivity index (χ2n) is 6.94. The summed E-state index contributed by atoms with van der Waals surface area (Å²) in [5, 5.41) is 0. The summed E-state index contributed by atoms with van der Waals surface area (Å²) in [6.45, 7) is 7.06. The first-order valence-corrected chi connectivity index (χ1v) is 9.58. The maximum absolute atomic E-state index is 5.90. The molecule has 0 aliphatic heterocycles. The summed E-state index contributed by atoms with van der Waals surface area (Å²) >= 11 is 0. The van der Waals surface area contributed by atoms with E-state index in [1.165, 1.54) is 33.4 Å². The van der Waals surface area contributed by atoms with Crippen LogP contribution >= 0.6 is 0 Å². The number of benzene rings is 3. The van der Waals surface area contributed by atoms with Crippen LogP contribution in [0, 0.1) is 20.8 Å². The smallest absolute Gasteiger partial charge is 0.146 e. The number of hydrogen-bond donors (Lipinski definition) is 0. The van der Waals surface area contributed by atoms with Crippen LogP contribution in [0.1, 0.15) is 33.4 Å². The van der Waals surface area contributed by atoms with Crippen LogP contribution in [0.5, 0.6) is 0 Å². The summed E-state index contributed by atoms with van der Waals surface area (Å²) in [5.41, 5.74) is 7.38. The predicted octanol–water partition coefficient (Wildman–Crippen LogP) is 4.24. The average molecular weight is 347 g/mol. The highest BCUT2D eigenvalue weighted by Gasteiger charge is 2.36. The summed E-state index contributed by atoms with van der Waals surface area (Å²) in [6, 6.07) is 26.6. The van der Waals surface area contributed by atoms with Crippen molar-refractivity contribution >= 4 is 10.5 Å². The Bertz CT molecular complexity index is 707. The van der Waals surface area contributed by atoms with Crippen LogP contribution < -0.4 is 0 Å². The maximum Gasteiger partial charge on any atom is 0.146 e. The lowest BCUT2D eigenvalue weighted by Crippen LogP contribution is -2.34. The third kappa shape index (κ3) is 3.46. The van der Waals surface area contributed by atoms with Gasteiger partial charge in [0.1, 0.15) is 10.5 Å². The summed E-state index contributed by atoms with van der Waals surface area (Å²) < 4.78 is 5.90. The number of hydrogen-bond acceptors (Lipinski definition) is 1. The molecule has 0 saturated heterocycles. The van der Waals surface area contributed by atoms with Crippen LogP contribution in [-0.4, -0.2) is 17.1 Å². The highest BCUT2D eigenvalue weighted by Crippen LogP contribution is 2.39. The minimum Gasteiger partial charge on any atom is -0.426 e. The number of aryl methyl sites for hydroxylation is 3. The lowest BCUT2D eigenvalue weighted by Gasteiger charge is -2.36. The van der Waals surface area contributed by atoms with E-state index in [9.17, 15) is 0 Å². The fourth-order valence-corrected chi connectivity index (χ4v) is 3.91. The van der Waals surface area contributed by atoms with Crippen LogP contribution in [-0.2, 0) is 9.84 Å². The van der Waals surface area contributed by atoms with Crippen molar-refractivity contribution in [3.05, 3.63) is 106 Å². The maximum atomic E-state index is 5.90.